The van der Waals surface area contributed by atoms with Gasteiger partial charge in [0.25, 0.3) is 0 Å². The van der Waals surface area contributed by atoms with Crippen LogP contribution in [0.1, 0.15) is 18.9 Å². The van der Waals surface area contributed by atoms with Crippen LogP contribution in [0.3, 0.4) is 0 Å². The molecule has 1 fully saturated rings. The molecule has 1 aromatic rings. The number of esters is 1. The maximum atomic E-state index is 12.0. The highest BCUT2D eigenvalue weighted by Gasteiger charge is 2.20. The van der Waals surface area contributed by atoms with E-state index in [4.69, 9.17) is 14.3 Å². The Bertz CT molecular complexity index is 564. The Morgan fingerprint density at radius 2 is 2.14 bits per heavy atom. The fourth-order valence-electron chi connectivity index (χ4n) is 1.93. The molecule has 1 saturated heterocycles. The average Bonchev–Trinajstić information content (AvgIpc) is 3.01. The summed E-state index contributed by atoms with van der Waals surface area (Å²) in [5, 5.41) is 3.96. The molecular weight excluding hydrogens is 306 g/mol. The van der Waals surface area contributed by atoms with Gasteiger partial charge in [-0.1, -0.05) is 17.3 Å². The van der Waals surface area contributed by atoms with Crippen molar-refractivity contribution in [2.45, 2.75) is 24.3 Å². The zero-order valence-electron chi connectivity index (χ0n) is 12.6. The Hall–Kier alpha value is -1.73. The molecule has 0 aliphatic carbocycles. The van der Waals surface area contributed by atoms with E-state index in [2.05, 4.69) is 5.16 Å². The van der Waals surface area contributed by atoms with Crippen molar-refractivity contribution in [2.75, 3.05) is 26.1 Å². The summed E-state index contributed by atoms with van der Waals surface area (Å²) in [6.45, 7) is 3.07. The van der Waals surface area contributed by atoms with E-state index in [0.29, 0.717) is 23.7 Å². The third-order valence-electron chi connectivity index (χ3n) is 3.11. The third kappa shape index (κ3) is 4.38. The molecule has 120 valence electrons. The van der Waals surface area contributed by atoms with Crippen molar-refractivity contribution >= 4 is 22.5 Å². The molecule has 0 aromatic heterocycles. The largest absolute Gasteiger partial charge is 0.461 e. The molecule has 2 atom stereocenters. The minimum Gasteiger partial charge on any atom is -0.461 e. The van der Waals surface area contributed by atoms with Crippen molar-refractivity contribution < 1.29 is 23.3 Å². The lowest BCUT2D eigenvalue weighted by molar-refractivity contribution is -0.135. The van der Waals surface area contributed by atoms with E-state index in [0.717, 1.165) is 6.42 Å². The molecule has 1 heterocycles. The van der Waals surface area contributed by atoms with Gasteiger partial charge in [0.2, 0.25) is 0 Å². The third-order valence-corrected chi connectivity index (χ3v) is 4.05. The molecule has 22 heavy (non-hydrogen) atoms. The van der Waals surface area contributed by atoms with Gasteiger partial charge in [-0.3, -0.25) is 4.21 Å². The summed E-state index contributed by atoms with van der Waals surface area (Å²) >= 11 is 0. The lowest BCUT2D eigenvalue weighted by atomic mass is 10.1. The van der Waals surface area contributed by atoms with E-state index < -0.39 is 16.8 Å². The zero-order chi connectivity index (χ0) is 15.9. The van der Waals surface area contributed by atoms with Crippen LogP contribution in [0.15, 0.2) is 34.3 Å². The first-order valence-electron chi connectivity index (χ1n) is 7.04. The molecule has 0 bridgehead atoms. The number of nitrogens with zero attached hydrogens (tertiary/aromatic N) is 1. The molecule has 0 radical (unpaired) electrons. The molecule has 2 rings (SSSR count). The Labute approximate surface area is 131 Å². The van der Waals surface area contributed by atoms with Crippen LogP contribution in [-0.4, -0.2) is 48.1 Å². The predicted octanol–water partition coefficient (Wildman–Crippen LogP) is 1.50. The van der Waals surface area contributed by atoms with E-state index >= 15 is 0 Å². The first kappa shape index (κ1) is 16.6. The smallest absolute Gasteiger partial charge is 0.361 e. The van der Waals surface area contributed by atoms with Gasteiger partial charge in [0.1, 0.15) is 0 Å². The number of carbonyl (C=O) groups is 1. The second kappa shape index (κ2) is 8.05. The summed E-state index contributed by atoms with van der Waals surface area (Å²) in [5.74, 6) is -0.549. The van der Waals surface area contributed by atoms with E-state index in [1.165, 1.54) is 0 Å². The van der Waals surface area contributed by atoms with Gasteiger partial charge in [0, 0.05) is 33.9 Å². The fourth-order valence-corrected chi connectivity index (χ4v) is 2.45. The number of benzene rings is 1. The van der Waals surface area contributed by atoms with Crippen LogP contribution >= 0.6 is 0 Å². The predicted molar refractivity (Wildman–Crippen MR) is 82.3 cm³/mol. The van der Waals surface area contributed by atoms with Gasteiger partial charge in [0.05, 0.1) is 19.8 Å². The van der Waals surface area contributed by atoms with Crippen molar-refractivity contribution in [3.63, 3.8) is 0 Å². The second-order valence-electron chi connectivity index (χ2n) is 4.73. The molecule has 7 heteroatoms. The van der Waals surface area contributed by atoms with Crippen LogP contribution in [0, 0.1) is 0 Å². The minimum atomic E-state index is -1.07. The first-order chi connectivity index (χ1) is 10.6. The Morgan fingerprint density at radius 1 is 1.41 bits per heavy atom. The van der Waals surface area contributed by atoms with E-state index in [1.54, 1.807) is 37.4 Å². The number of hydrogen-bond donors (Lipinski definition) is 0. The highest BCUT2D eigenvalue weighted by atomic mass is 32.2. The van der Waals surface area contributed by atoms with Crippen LogP contribution in [0.2, 0.25) is 0 Å². The molecule has 0 saturated carbocycles. The number of carbonyl (C=O) groups excluding carboxylic acids is 1. The Kier molecular flexibility index (Phi) is 6.09. The highest BCUT2D eigenvalue weighted by molar-refractivity contribution is 7.84. The normalized spacial score (nSPS) is 19.7. The maximum absolute atomic E-state index is 12.0. The van der Waals surface area contributed by atoms with Gasteiger partial charge in [-0.05, 0) is 19.1 Å². The van der Waals surface area contributed by atoms with Crippen molar-refractivity contribution in [3.8, 4) is 0 Å². The highest BCUT2D eigenvalue weighted by Crippen LogP contribution is 2.13. The molecule has 0 amide bonds. The van der Waals surface area contributed by atoms with Crippen LogP contribution in [0.4, 0.5) is 0 Å². The summed E-state index contributed by atoms with van der Waals surface area (Å²) in [5.41, 5.74) is 0.661. The van der Waals surface area contributed by atoms with Crippen molar-refractivity contribution in [2.24, 2.45) is 5.16 Å². The number of oxime groups is 1. The molecular formula is C15H19NO5S. The minimum absolute atomic E-state index is 0.0992. The second-order valence-corrected chi connectivity index (χ2v) is 6.11. The van der Waals surface area contributed by atoms with Gasteiger partial charge in [-0.15, -0.1) is 0 Å². The van der Waals surface area contributed by atoms with E-state index in [1.807, 2.05) is 0 Å². The molecule has 1 unspecified atom stereocenters. The summed E-state index contributed by atoms with van der Waals surface area (Å²) in [7, 11) is -1.07. The summed E-state index contributed by atoms with van der Waals surface area (Å²) in [6.07, 6.45) is 2.19. The van der Waals surface area contributed by atoms with E-state index in [9.17, 15) is 9.00 Å². The summed E-state index contributed by atoms with van der Waals surface area (Å²) in [4.78, 5) is 18.1. The van der Waals surface area contributed by atoms with Crippen molar-refractivity contribution in [1.82, 2.24) is 0 Å². The van der Waals surface area contributed by atoms with Crippen LogP contribution in [-0.2, 0) is 29.9 Å². The van der Waals surface area contributed by atoms with Crippen molar-refractivity contribution in [3.05, 3.63) is 29.8 Å². The molecule has 1 aliphatic heterocycles. The monoisotopic (exact) mass is 325 g/mol. The SMILES string of the molecule is CCOC(=O)/C(=N/O[C@@H]1CCOC1)c1ccc(S(C)=O)cc1. The quantitative estimate of drug-likeness (QED) is 0.450. The molecule has 0 spiro atoms. The molecule has 0 N–H and O–H groups in total. The lowest BCUT2D eigenvalue weighted by Crippen LogP contribution is -2.21. The summed E-state index contributed by atoms with van der Waals surface area (Å²) in [6, 6.07) is 6.75. The number of rotatable bonds is 6. The topological polar surface area (TPSA) is 74.2 Å². The first-order valence-corrected chi connectivity index (χ1v) is 8.60. The van der Waals surface area contributed by atoms with Crippen LogP contribution in [0.25, 0.3) is 0 Å². The van der Waals surface area contributed by atoms with Gasteiger partial charge in [0.15, 0.2) is 11.8 Å². The lowest BCUT2D eigenvalue weighted by Gasteiger charge is -2.09. The number of ether oxygens (including phenoxy) is 2. The average molecular weight is 325 g/mol. The molecule has 6 nitrogen and oxygen atoms in total. The standard InChI is InChI=1S/C15H19NO5S/c1-3-20-15(17)14(16-21-12-8-9-19-10-12)11-4-6-13(7-5-11)22(2)18/h4-7,12H,3,8-10H2,1-2H3/b16-14+/t12-,22?/m1/s1. The van der Waals surface area contributed by atoms with E-state index in [-0.39, 0.29) is 18.4 Å². The Morgan fingerprint density at radius 3 is 2.68 bits per heavy atom. The zero-order valence-corrected chi connectivity index (χ0v) is 13.4. The number of hydrogen-bond acceptors (Lipinski definition) is 6. The molecule has 1 aliphatic rings. The van der Waals surface area contributed by atoms with Crippen LogP contribution < -0.4 is 0 Å². The van der Waals surface area contributed by atoms with Gasteiger partial charge >= 0.3 is 5.97 Å². The van der Waals surface area contributed by atoms with Gasteiger partial charge in [-0.2, -0.15) is 0 Å². The Balaban J connectivity index is 2.20. The van der Waals surface area contributed by atoms with Gasteiger partial charge in [-0.25, -0.2) is 4.79 Å². The maximum Gasteiger partial charge on any atom is 0.361 e. The van der Waals surface area contributed by atoms with Gasteiger partial charge < -0.3 is 14.3 Å². The summed E-state index contributed by atoms with van der Waals surface area (Å²) < 4.78 is 21.6. The van der Waals surface area contributed by atoms with Crippen LogP contribution in [0.5, 0.6) is 0 Å². The fraction of sp³-hybridized carbons (Fsp3) is 0.467. The van der Waals surface area contributed by atoms with Crippen molar-refractivity contribution in [1.29, 1.82) is 0 Å². The molecule has 1 aromatic carbocycles.